The van der Waals surface area contributed by atoms with E-state index in [0.717, 1.165) is 42.8 Å². The maximum absolute atomic E-state index is 12.7. The Hall–Kier alpha value is -2.87. The van der Waals surface area contributed by atoms with Crippen LogP contribution in [-0.2, 0) is 6.54 Å². The molecule has 0 aliphatic carbocycles. The Balaban J connectivity index is 0.00000267. The summed E-state index contributed by atoms with van der Waals surface area (Å²) in [4.78, 5) is 22.7. The van der Waals surface area contributed by atoms with Gasteiger partial charge in [0.2, 0.25) is 6.79 Å². The van der Waals surface area contributed by atoms with Gasteiger partial charge in [0.05, 0.1) is 16.8 Å². The standard InChI is InChI=1S/C28H31N3O4.ClH/c32-28(33)26-21-15-24-25(35-18-34-24)16-23(21)29-27(19-7-3-1-4-8-19)22(26)17-30-13-9-20(10-14-30)31-11-5-2-6-12-31;/h1,3-4,7-8,15-16,20H,2,5-6,9-14,17-18H2,(H,32,33);1H. The molecule has 7 nitrogen and oxygen atoms in total. The topological polar surface area (TPSA) is 75.1 Å². The Kier molecular flexibility index (Phi) is 7.32. The van der Waals surface area contributed by atoms with Gasteiger partial charge < -0.3 is 19.5 Å². The molecule has 2 aromatic carbocycles. The molecule has 0 radical (unpaired) electrons. The van der Waals surface area contributed by atoms with Gasteiger partial charge in [-0.25, -0.2) is 9.78 Å². The van der Waals surface area contributed by atoms with E-state index in [4.69, 9.17) is 14.5 Å². The average Bonchev–Trinajstić information content (AvgIpc) is 3.35. The van der Waals surface area contributed by atoms with Gasteiger partial charge in [0.25, 0.3) is 0 Å². The molecule has 36 heavy (non-hydrogen) atoms. The molecule has 0 bridgehead atoms. The van der Waals surface area contributed by atoms with Crippen molar-refractivity contribution in [3.8, 4) is 22.8 Å². The molecule has 3 aliphatic rings. The van der Waals surface area contributed by atoms with Crippen molar-refractivity contribution < 1.29 is 19.4 Å². The van der Waals surface area contributed by atoms with E-state index in [2.05, 4.69) is 9.80 Å². The van der Waals surface area contributed by atoms with E-state index in [0.29, 0.717) is 40.6 Å². The number of aromatic carboxylic acids is 1. The highest BCUT2D eigenvalue weighted by Gasteiger charge is 2.29. The molecule has 190 valence electrons. The molecule has 0 saturated carbocycles. The van der Waals surface area contributed by atoms with E-state index in [9.17, 15) is 9.90 Å². The predicted octanol–water partition coefficient (Wildman–Crippen LogP) is 5.20. The molecule has 6 rings (SSSR count). The fourth-order valence-corrected chi connectivity index (χ4v) is 5.88. The molecular weight excluding hydrogens is 478 g/mol. The van der Waals surface area contributed by atoms with Crippen LogP contribution < -0.4 is 9.47 Å². The number of carboxylic acids is 1. The maximum atomic E-state index is 12.7. The highest BCUT2D eigenvalue weighted by molar-refractivity contribution is 6.06. The van der Waals surface area contributed by atoms with Gasteiger partial charge in [-0.3, -0.25) is 4.90 Å². The smallest absolute Gasteiger partial charge is 0.336 e. The number of carbonyl (C=O) groups is 1. The number of piperidine rings is 2. The monoisotopic (exact) mass is 509 g/mol. The van der Waals surface area contributed by atoms with Gasteiger partial charge in [-0.1, -0.05) is 36.8 Å². The van der Waals surface area contributed by atoms with E-state index >= 15 is 0 Å². The van der Waals surface area contributed by atoms with Crippen LogP contribution >= 0.6 is 12.4 Å². The first kappa shape index (κ1) is 24.8. The zero-order valence-corrected chi connectivity index (χ0v) is 21.1. The van der Waals surface area contributed by atoms with Gasteiger partial charge >= 0.3 is 5.97 Å². The minimum Gasteiger partial charge on any atom is -0.478 e. The number of rotatable bonds is 5. The molecule has 8 heteroatoms. The Morgan fingerprint density at radius 2 is 1.67 bits per heavy atom. The van der Waals surface area contributed by atoms with Crippen LogP contribution in [0.1, 0.15) is 48.0 Å². The summed E-state index contributed by atoms with van der Waals surface area (Å²) in [6.45, 7) is 5.07. The Morgan fingerprint density at radius 1 is 0.972 bits per heavy atom. The number of carboxylic acid groups (broad SMARTS) is 1. The van der Waals surface area contributed by atoms with Crippen molar-refractivity contribution in [3.05, 3.63) is 53.6 Å². The van der Waals surface area contributed by atoms with Gasteiger partial charge in [0.1, 0.15) is 0 Å². The van der Waals surface area contributed by atoms with Crippen LogP contribution in [0.2, 0.25) is 0 Å². The summed E-state index contributed by atoms with van der Waals surface area (Å²) >= 11 is 0. The van der Waals surface area contributed by atoms with Crippen LogP contribution in [0.15, 0.2) is 42.5 Å². The molecule has 1 N–H and O–H groups in total. The van der Waals surface area contributed by atoms with E-state index in [1.165, 1.54) is 32.4 Å². The number of aromatic nitrogens is 1. The van der Waals surface area contributed by atoms with Crippen molar-refractivity contribution in [3.63, 3.8) is 0 Å². The summed E-state index contributed by atoms with van der Waals surface area (Å²) in [7, 11) is 0. The molecule has 3 aliphatic heterocycles. The van der Waals surface area contributed by atoms with Crippen molar-refractivity contribution in [1.82, 2.24) is 14.8 Å². The molecule has 0 unspecified atom stereocenters. The molecule has 1 aromatic heterocycles. The van der Waals surface area contributed by atoms with E-state index in [1.807, 2.05) is 30.3 Å². The highest BCUT2D eigenvalue weighted by Crippen LogP contribution is 2.40. The van der Waals surface area contributed by atoms with Crippen molar-refractivity contribution in [2.45, 2.75) is 44.7 Å². The van der Waals surface area contributed by atoms with Crippen LogP contribution in [0.5, 0.6) is 11.5 Å². The molecule has 0 atom stereocenters. The number of likely N-dealkylation sites (tertiary alicyclic amines) is 2. The van der Waals surface area contributed by atoms with Crippen LogP contribution in [-0.4, -0.2) is 64.9 Å². The molecule has 3 aromatic rings. The molecule has 2 saturated heterocycles. The number of fused-ring (bicyclic) bond motifs is 2. The zero-order chi connectivity index (χ0) is 23.8. The average molecular weight is 510 g/mol. The first-order chi connectivity index (χ1) is 17.2. The van der Waals surface area contributed by atoms with E-state index < -0.39 is 5.97 Å². The third kappa shape index (κ3) is 4.75. The zero-order valence-electron chi connectivity index (χ0n) is 20.3. The van der Waals surface area contributed by atoms with Gasteiger partial charge in [-0.2, -0.15) is 0 Å². The Morgan fingerprint density at radius 3 is 2.36 bits per heavy atom. The summed E-state index contributed by atoms with van der Waals surface area (Å²) in [6, 6.07) is 14.1. The fraction of sp³-hybridized carbons (Fsp3) is 0.429. The van der Waals surface area contributed by atoms with Crippen LogP contribution in [0, 0.1) is 0 Å². The van der Waals surface area contributed by atoms with Crippen molar-refractivity contribution in [2.75, 3.05) is 33.0 Å². The lowest BCUT2D eigenvalue weighted by molar-refractivity contribution is 0.0692. The number of halogens is 1. The highest BCUT2D eigenvalue weighted by atomic mass is 35.5. The molecule has 4 heterocycles. The van der Waals surface area contributed by atoms with Crippen LogP contribution in [0.3, 0.4) is 0 Å². The maximum Gasteiger partial charge on any atom is 0.336 e. The van der Waals surface area contributed by atoms with E-state index in [-0.39, 0.29) is 19.2 Å². The summed E-state index contributed by atoms with van der Waals surface area (Å²) in [6.07, 6.45) is 6.23. The second kappa shape index (κ2) is 10.6. The second-order valence-corrected chi connectivity index (χ2v) is 9.81. The van der Waals surface area contributed by atoms with Gasteiger partial charge in [-0.05, 0) is 57.9 Å². The summed E-state index contributed by atoms with van der Waals surface area (Å²) in [5, 5.41) is 11.0. The lowest BCUT2D eigenvalue weighted by atomic mass is 9.94. The number of hydrogen-bond donors (Lipinski definition) is 1. The van der Waals surface area contributed by atoms with Crippen LogP contribution in [0.25, 0.3) is 22.2 Å². The summed E-state index contributed by atoms with van der Waals surface area (Å²) in [5.41, 5.74) is 3.34. The van der Waals surface area contributed by atoms with Crippen molar-refractivity contribution >= 4 is 29.3 Å². The van der Waals surface area contributed by atoms with Gasteiger partial charge in [0, 0.05) is 35.2 Å². The van der Waals surface area contributed by atoms with E-state index in [1.54, 1.807) is 12.1 Å². The predicted molar refractivity (Wildman–Crippen MR) is 141 cm³/mol. The van der Waals surface area contributed by atoms with Crippen LogP contribution in [0.4, 0.5) is 0 Å². The second-order valence-electron chi connectivity index (χ2n) is 9.81. The molecular formula is C28H32ClN3O4. The normalized spacial score (nSPS) is 18.8. The van der Waals surface area contributed by atoms with Gasteiger partial charge in [-0.15, -0.1) is 12.4 Å². The van der Waals surface area contributed by atoms with Crippen molar-refractivity contribution in [1.29, 1.82) is 0 Å². The summed E-state index contributed by atoms with van der Waals surface area (Å²) in [5.74, 6) is 0.238. The molecule has 0 amide bonds. The third-order valence-corrected chi connectivity index (χ3v) is 7.69. The largest absolute Gasteiger partial charge is 0.478 e. The minimum absolute atomic E-state index is 0. The fourth-order valence-electron chi connectivity index (χ4n) is 5.88. The Bertz CT molecular complexity index is 1240. The number of benzene rings is 2. The first-order valence-electron chi connectivity index (χ1n) is 12.7. The number of ether oxygens (including phenoxy) is 2. The SMILES string of the molecule is Cl.O=C(O)c1c(CN2CCC(N3CCCCC3)CC2)c(-c2ccccc2)nc2cc3c(cc12)OCO3. The minimum atomic E-state index is -0.938. The number of hydrogen-bond acceptors (Lipinski definition) is 6. The number of pyridine rings is 1. The molecule has 0 spiro atoms. The van der Waals surface area contributed by atoms with Gasteiger partial charge in [0.15, 0.2) is 11.5 Å². The quantitative estimate of drug-likeness (QED) is 0.506. The summed E-state index contributed by atoms with van der Waals surface area (Å²) < 4.78 is 11.1. The lowest BCUT2D eigenvalue weighted by Gasteiger charge is -2.40. The molecule has 2 fully saturated rings. The number of nitrogens with zero attached hydrogens (tertiary/aromatic N) is 3. The van der Waals surface area contributed by atoms with Crippen molar-refractivity contribution in [2.24, 2.45) is 0 Å². The third-order valence-electron chi connectivity index (χ3n) is 7.69. The lowest BCUT2D eigenvalue weighted by Crippen LogP contribution is -2.46. The first-order valence-corrected chi connectivity index (χ1v) is 12.7. The Labute approximate surface area is 217 Å².